The third-order valence-electron chi connectivity index (χ3n) is 0. The van der Waals surface area contributed by atoms with Crippen LogP contribution in [0.15, 0.2) is 0 Å². The maximum atomic E-state index is 8.44. The first kappa shape index (κ1) is 22.6. The van der Waals surface area contributed by atoms with Gasteiger partial charge in [0.25, 0.3) is 0 Å². The second-order valence-electron chi connectivity index (χ2n) is 0.490. The van der Waals surface area contributed by atoms with E-state index in [0.29, 0.717) is 0 Å². The predicted molar refractivity (Wildman–Crippen MR) is 18.4 cm³/mol. The summed E-state index contributed by atoms with van der Waals surface area (Å²) in [6.45, 7) is 0. The molecule has 0 spiro atoms. The Morgan fingerprint density at radius 1 is 1.30 bits per heavy atom. The molecule has 0 atom stereocenters. The van der Waals surface area contributed by atoms with E-state index in [4.69, 9.17) is 30.3 Å². The molecule has 0 saturated heterocycles. The molecule has 7 nitrogen and oxygen atoms in total. The van der Waals surface area contributed by atoms with Crippen LogP contribution < -0.4 is 108 Å². The maximum absolute atomic E-state index is 8.44. The molecular formula is CHK2NO6. The Balaban J connectivity index is -0.0000000300. The molecule has 0 radical (unpaired) electrons. The van der Waals surface area contributed by atoms with Crippen LogP contribution in [0.3, 0.4) is 0 Å². The molecule has 48 valence electrons. The van der Waals surface area contributed by atoms with Crippen molar-refractivity contribution < 1.29 is 123 Å². The molecule has 1 N–H and O–H groups in total. The van der Waals surface area contributed by atoms with Gasteiger partial charge in [0.2, 0.25) is 6.16 Å². The number of hydrogen-bond acceptors (Lipinski definition) is 5. The van der Waals surface area contributed by atoms with Crippen LogP contribution in [-0.4, -0.2) is 16.3 Å². The fourth-order valence-electron chi connectivity index (χ4n) is 0. The van der Waals surface area contributed by atoms with E-state index < -0.39 is 11.2 Å². The van der Waals surface area contributed by atoms with Gasteiger partial charge >= 0.3 is 103 Å². The van der Waals surface area contributed by atoms with Crippen molar-refractivity contribution in [3.63, 3.8) is 0 Å². The third kappa shape index (κ3) is 245. The maximum Gasteiger partial charge on any atom is 1.00 e. The number of carbonyl (C=O) groups is 1. The molecular weight excluding hydrogens is 200 g/mol. The summed E-state index contributed by atoms with van der Waals surface area (Å²) < 4.78 is 0. The predicted octanol–water partition coefficient (Wildman–Crippen LogP) is -7.34. The van der Waals surface area contributed by atoms with Gasteiger partial charge in [-0.2, -0.15) is 0 Å². The molecule has 0 unspecified atom stereocenters. The Morgan fingerprint density at radius 3 is 1.30 bits per heavy atom. The molecule has 0 aromatic carbocycles. The largest absolute Gasteiger partial charge is 1.00 e. The molecule has 0 aromatic heterocycles. The summed E-state index contributed by atoms with van der Waals surface area (Å²) in [5.41, 5.74) is 0. The molecule has 0 aliphatic heterocycles. The molecule has 10 heavy (non-hydrogen) atoms. The van der Waals surface area contributed by atoms with E-state index >= 15 is 0 Å². The van der Waals surface area contributed by atoms with Crippen LogP contribution in [-0.2, 0) is 0 Å². The number of nitrogens with zero attached hydrogens (tertiary/aromatic N) is 1. The van der Waals surface area contributed by atoms with Crippen molar-refractivity contribution in [2.45, 2.75) is 0 Å². The van der Waals surface area contributed by atoms with Crippen LogP contribution in [0.25, 0.3) is 0 Å². The summed E-state index contributed by atoms with van der Waals surface area (Å²) in [5.74, 6) is 0. The van der Waals surface area contributed by atoms with E-state index in [9.17, 15) is 0 Å². The molecule has 0 aromatic rings. The Morgan fingerprint density at radius 2 is 1.30 bits per heavy atom. The fourth-order valence-corrected chi connectivity index (χ4v) is 0. The topological polar surface area (TPSA) is 127 Å². The summed E-state index contributed by atoms with van der Waals surface area (Å²) in [5, 5.41) is 30.1. The Hall–Kier alpha value is 1.74. The number of hydrogen-bond donors (Lipinski definition) is 1. The first-order valence-electron chi connectivity index (χ1n) is 1.18. The molecule has 0 aliphatic rings. The van der Waals surface area contributed by atoms with E-state index in [0.717, 1.165) is 0 Å². The molecule has 0 rings (SSSR count). The number of carboxylic acid groups (broad SMARTS) is 2. The Labute approximate surface area is 141 Å². The molecule has 0 bridgehead atoms. The Bertz CT molecular complexity index is 73.7. The van der Waals surface area contributed by atoms with Crippen LogP contribution >= 0.6 is 0 Å². The van der Waals surface area contributed by atoms with E-state index in [-0.39, 0.29) is 103 Å². The standard InChI is InChI=1S/CH2O3.2K.NO3/c2-1(3)4;;;2-1(3)4/h(H2,2,3,4);;;/q;2*+1;-1/p-1. The van der Waals surface area contributed by atoms with Gasteiger partial charge in [-0.15, -0.1) is 0 Å². The van der Waals surface area contributed by atoms with E-state index in [1.807, 2.05) is 0 Å². The van der Waals surface area contributed by atoms with E-state index in [1.165, 1.54) is 0 Å². The van der Waals surface area contributed by atoms with Crippen molar-refractivity contribution in [2.75, 3.05) is 0 Å². The average Bonchev–Trinajstić information content (AvgIpc) is 1.25. The van der Waals surface area contributed by atoms with Gasteiger partial charge in [0.15, 0.2) is 0 Å². The zero-order valence-corrected chi connectivity index (χ0v) is 11.7. The summed E-state index contributed by atoms with van der Waals surface area (Å²) in [6, 6.07) is 0. The van der Waals surface area contributed by atoms with E-state index in [2.05, 4.69) is 0 Å². The minimum atomic E-state index is -2.08. The van der Waals surface area contributed by atoms with Gasteiger partial charge in [-0.1, -0.05) is 0 Å². The van der Waals surface area contributed by atoms with Crippen molar-refractivity contribution in [3.8, 4) is 0 Å². The minimum Gasteiger partial charge on any atom is -0.565 e. The molecule has 0 heterocycles. The molecule has 0 aliphatic carbocycles. The van der Waals surface area contributed by atoms with Crippen LogP contribution in [0, 0.1) is 15.3 Å². The Kier molecular flexibility index (Phi) is 38.5. The van der Waals surface area contributed by atoms with Gasteiger partial charge in [-0.05, 0) is 0 Å². The molecule has 0 fully saturated rings. The quantitative estimate of drug-likeness (QED) is 0.235. The van der Waals surface area contributed by atoms with Crippen molar-refractivity contribution in [1.29, 1.82) is 0 Å². The second kappa shape index (κ2) is 17.0. The molecule has 0 amide bonds. The SMILES string of the molecule is O=C([O-])O.O=[N+]([O-])[O-].[K+].[K+]. The first-order chi connectivity index (χ1) is 3.46. The van der Waals surface area contributed by atoms with Crippen molar-refractivity contribution >= 4 is 6.16 Å². The van der Waals surface area contributed by atoms with Gasteiger partial charge < -0.3 is 30.3 Å². The number of rotatable bonds is 0. The van der Waals surface area contributed by atoms with Crippen molar-refractivity contribution in [2.24, 2.45) is 0 Å². The summed E-state index contributed by atoms with van der Waals surface area (Å²) in [4.78, 5) is 16.7. The van der Waals surface area contributed by atoms with Crippen molar-refractivity contribution in [1.82, 2.24) is 0 Å². The fraction of sp³-hybridized carbons (Fsp3) is 0. The molecule has 9 heteroatoms. The van der Waals surface area contributed by atoms with Gasteiger partial charge in [0.1, 0.15) is 0 Å². The third-order valence-corrected chi connectivity index (χ3v) is 0. The summed E-state index contributed by atoms with van der Waals surface area (Å²) in [6.07, 6.45) is -2.08. The first-order valence-corrected chi connectivity index (χ1v) is 1.18. The van der Waals surface area contributed by atoms with Crippen molar-refractivity contribution in [3.05, 3.63) is 15.3 Å². The summed E-state index contributed by atoms with van der Waals surface area (Å²) >= 11 is 0. The van der Waals surface area contributed by atoms with Crippen LogP contribution in [0.1, 0.15) is 0 Å². The second-order valence-corrected chi connectivity index (χ2v) is 0.490. The van der Waals surface area contributed by atoms with Gasteiger partial charge in [-0.25, -0.2) is 0 Å². The van der Waals surface area contributed by atoms with Gasteiger partial charge in [0, 0.05) is 0 Å². The van der Waals surface area contributed by atoms with Crippen LogP contribution in [0.4, 0.5) is 4.79 Å². The van der Waals surface area contributed by atoms with Gasteiger partial charge in [0.05, 0.1) is 5.09 Å². The summed E-state index contributed by atoms with van der Waals surface area (Å²) in [7, 11) is 0. The smallest absolute Gasteiger partial charge is 0.565 e. The van der Waals surface area contributed by atoms with Crippen LogP contribution in [0.5, 0.6) is 0 Å². The van der Waals surface area contributed by atoms with E-state index in [1.54, 1.807) is 0 Å². The minimum absolute atomic E-state index is 0. The van der Waals surface area contributed by atoms with Crippen LogP contribution in [0.2, 0.25) is 0 Å². The zero-order valence-electron chi connectivity index (χ0n) is 5.44. The average molecular weight is 201 g/mol. The zero-order chi connectivity index (χ0) is 7.15. The monoisotopic (exact) mass is 201 g/mol. The van der Waals surface area contributed by atoms with Gasteiger partial charge in [-0.3, -0.25) is 0 Å². The molecule has 0 saturated carbocycles. The normalized spacial score (nSPS) is 4.80.